The number of carboxylic acids is 1. The quantitative estimate of drug-likeness (QED) is 0.785. The molecule has 0 saturated heterocycles. The lowest BCUT2D eigenvalue weighted by Gasteiger charge is -2.36. The Labute approximate surface area is 92.5 Å². The molecular formula is C11H15BrO2. The van der Waals surface area contributed by atoms with Crippen LogP contribution in [0.15, 0.2) is 10.6 Å². The second-order valence-corrected chi connectivity index (χ2v) is 5.53. The second kappa shape index (κ2) is 2.84. The van der Waals surface area contributed by atoms with Crippen molar-refractivity contribution >= 4 is 21.9 Å². The number of carboxylic acid groups (broad SMARTS) is 1. The molecular weight excluding hydrogens is 244 g/mol. The second-order valence-electron chi connectivity index (χ2n) is 5.07. The minimum absolute atomic E-state index is 0.0557. The standard InChI is InChI=1S/C11H15BrO2/c1-10(2)7-3-4-11(5-7,9(13)14)8(10)6-12/h6-7H,3-5H2,1-2H3,(H,13,14)/b8-6-/t7-,11-/m1/s1. The highest BCUT2D eigenvalue weighted by Gasteiger charge is 2.61. The van der Waals surface area contributed by atoms with Crippen LogP contribution in [0.4, 0.5) is 0 Å². The first-order valence-corrected chi connectivity index (χ1v) is 5.91. The zero-order valence-corrected chi connectivity index (χ0v) is 10.1. The van der Waals surface area contributed by atoms with E-state index in [1.54, 1.807) is 0 Å². The van der Waals surface area contributed by atoms with Crippen molar-refractivity contribution in [3.05, 3.63) is 10.6 Å². The third-order valence-corrected chi connectivity index (χ3v) is 4.72. The zero-order valence-electron chi connectivity index (χ0n) is 8.51. The summed E-state index contributed by atoms with van der Waals surface area (Å²) in [4.78, 5) is 13.2. The molecule has 2 nitrogen and oxygen atoms in total. The van der Waals surface area contributed by atoms with Crippen molar-refractivity contribution in [1.29, 1.82) is 0 Å². The minimum Gasteiger partial charge on any atom is -0.481 e. The molecule has 2 saturated carbocycles. The molecule has 14 heavy (non-hydrogen) atoms. The van der Waals surface area contributed by atoms with Gasteiger partial charge in [-0.15, -0.1) is 0 Å². The summed E-state index contributed by atoms with van der Waals surface area (Å²) in [6.07, 6.45) is 2.70. The molecule has 2 bridgehead atoms. The molecule has 0 radical (unpaired) electrons. The Bertz CT molecular complexity index is 319. The Morgan fingerprint density at radius 1 is 1.64 bits per heavy atom. The first-order valence-electron chi connectivity index (χ1n) is 5.00. The molecule has 2 atom stereocenters. The van der Waals surface area contributed by atoms with Crippen LogP contribution in [-0.4, -0.2) is 11.1 Å². The Kier molecular flexibility index (Phi) is 2.08. The fourth-order valence-corrected chi connectivity index (χ4v) is 4.33. The summed E-state index contributed by atoms with van der Waals surface area (Å²) in [5, 5.41) is 9.36. The zero-order chi connectivity index (χ0) is 10.6. The van der Waals surface area contributed by atoms with Gasteiger partial charge < -0.3 is 5.11 Å². The lowest BCUT2D eigenvalue weighted by molar-refractivity contribution is -0.146. The van der Waals surface area contributed by atoms with E-state index >= 15 is 0 Å². The first kappa shape index (κ1) is 10.2. The van der Waals surface area contributed by atoms with Gasteiger partial charge in [0.25, 0.3) is 0 Å². The Hall–Kier alpha value is -0.310. The van der Waals surface area contributed by atoms with Crippen LogP contribution >= 0.6 is 15.9 Å². The molecule has 78 valence electrons. The highest BCUT2D eigenvalue weighted by molar-refractivity contribution is 9.11. The summed E-state index contributed by atoms with van der Waals surface area (Å²) < 4.78 is 0. The average Bonchev–Trinajstić information content (AvgIpc) is 2.58. The van der Waals surface area contributed by atoms with Crippen LogP contribution in [0.5, 0.6) is 0 Å². The van der Waals surface area contributed by atoms with Crippen LogP contribution < -0.4 is 0 Å². The fraction of sp³-hybridized carbons (Fsp3) is 0.727. The van der Waals surface area contributed by atoms with E-state index in [4.69, 9.17) is 0 Å². The Morgan fingerprint density at radius 2 is 2.29 bits per heavy atom. The minimum atomic E-state index is -0.642. The number of carbonyl (C=O) groups is 1. The van der Waals surface area contributed by atoms with Crippen molar-refractivity contribution in [3.8, 4) is 0 Å². The topological polar surface area (TPSA) is 37.3 Å². The largest absolute Gasteiger partial charge is 0.481 e. The van der Waals surface area contributed by atoms with Crippen LogP contribution in [0, 0.1) is 16.7 Å². The smallest absolute Gasteiger partial charge is 0.313 e. The lowest BCUT2D eigenvalue weighted by atomic mass is 9.68. The maximum Gasteiger partial charge on any atom is 0.313 e. The highest BCUT2D eigenvalue weighted by Crippen LogP contribution is 2.66. The van der Waals surface area contributed by atoms with E-state index in [2.05, 4.69) is 29.8 Å². The molecule has 2 fully saturated rings. The van der Waals surface area contributed by atoms with Crippen molar-refractivity contribution in [1.82, 2.24) is 0 Å². The molecule has 0 aromatic rings. The molecule has 0 aromatic carbocycles. The van der Waals surface area contributed by atoms with Gasteiger partial charge in [-0.1, -0.05) is 29.8 Å². The van der Waals surface area contributed by atoms with E-state index in [1.165, 1.54) is 0 Å². The number of hydrogen-bond acceptors (Lipinski definition) is 1. The van der Waals surface area contributed by atoms with Crippen LogP contribution in [0.1, 0.15) is 33.1 Å². The number of aliphatic carboxylic acids is 1. The van der Waals surface area contributed by atoms with E-state index in [9.17, 15) is 9.90 Å². The van der Waals surface area contributed by atoms with Gasteiger partial charge in [-0.3, -0.25) is 4.79 Å². The maximum absolute atomic E-state index is 11.4. The van der Waals surface area contributed by atoms with Gasteiger partial charge in [0.15, 0.2) is 0 Å². The number of hydrogen-bond donors (Lipinski definition) is 1. The third-order valence-electron chi connectivity index (χ3n) is 4.26. The average molecular weight is 259 g/mol. The molecule has 0 aromatic heterocycles. The summed E-state index contributed by atoms with van der Waals surface area (Å²) in [6, 6.07) is 0. The van der Waals surface area contributed by atoms with Crippen molar-refractivity contribution < 1.29 is 9.90 Å². The van der Waals surface area contributed by atoms with E-state index in [-0.39, 0.29) is 5.41 Å². The molecule has 1 N–H and O–H groups in total. The van der Waals surface area contributed by atoms with E-state index in [0.717, 1.165) is 24.8 Å². The van der Waals surface area contributed by atoms with Crippen molar-refractivity contribution in [2.75, 3.05) is 0 Å². The summed E-state index contributed by atoms with van der Waals surface area (Å²) in [7, 11) is 0. The predicted octanol–water partition coefficient (Wildman–Crippen LogP) is 3.18. The molecule has 2 rings (SSSR count). The van der Waals surface area contributed by atoms with Gasteiger partial charge in [-0.2, -0.15) is 0 Å². The number of fused-ring (bicyclic) bond motifs is 2. The SMILES string of the molecule is CC1(C)/C(=C/Br)[C@@]2(C(=O)O)CC[C@@H]1C2. The van der Waals surface area contributed by atoms with Gasteiger partial charge in [0.05, 0.1) is 5.41 Å². The van der Waals surface area contributed by atoms with Crippen LogP contribution in [0.2, 0.25) is 0 Å². The molecule has 3 heteroatoms. The maximum atomic E-state index is 11.4. The van der Waals surface area contributed by atoms with Gasteiger partial charge in [0.1, 0.15) is 0 Å². The van der Waals surface area contributed by atoms with Gasteiger partial charge in [0, 0.05) is 0 Å². The van der Waals surface area contributed by atoms with Crippen molar-refractivity contribution in [2.45, 2.75) is 33.1 Å². The monoisotopic (exact) mass is 258 g/mol. The summed E-state index contributed by atoms with van der Waals surface area (Å²) >= 11 is 3.33. The Morgan fingerprint density at radius 3 is 2.71 bits per heavy atom. The molecule has 2 aliphatic rings. The molecule has 0 heterocycles. The number of rotatable bonds is 1. The normalized spacial score (nSPS) is 41.9. The molecule has 0 unspecified atom stereocenters. The highest BCUT2D eigenvalue weighted by atomic mass is 79.9. The van der Waals surface area contributed by atoms with E-state index in [0.29, 0.717) is 5.92 Å². The number of halogens is 1. The molecule has 2 aliphatic carbocycles. The van der Waals surface area contributed by atoms with Gasteiger partial charge in [-0.05, 0) is 41.2 Å². The molecule has 0 spiro atoms. The fourth-order valence-electron chi connectivity index (χ4n) is 3.30. The lowest BCUT2D eigenvalue weighted by Crippen LogP contribution is -2.33. The summed E-state index contributed by atoms with van der Waals surface area (Å²) in [5.74, 6) is -0.0984. The summed E-state index contributed by atoms with van der Waals surface area (Å²) in [6.45, 7) is 4.32. The Balaban J connectivity index is 2.52. The van der Waals surface area contributed by atoms with Gasteiger partial charge in [-0.25, -0.2) is 0 Å². The van der Waals surface area contributed by atoms with E-state index in [1.807, 2.05) is 4.99 Å². The third kappa shape index (κ3) is 0.992. The first-order chi connectivity index (χ1) is 6.45. The molecule has 0 amide bonds. The van der Waals surface area contributed by atoms with E-state index < -0.39 is 11.4 Å². The van der Waals surface area contributed by atoms with Crippen LogP contribution in [-0.2, 0) is 4.79 Å². The van der Waals surface area contributed by atoms with Crippen molar-refractivity contribution in [2.24, 2.45) is 16.7 Å². The van der Waals surface area contributed by atoms with Gasteiger partial charge >= 0.3 is 5.97 Å². The van der Waals surface area contributed by atoms with Crippen LogP contribution in [0.3, 0.4) is 0 Å². The molecule has 0 aliphatic heterocycles. The van der Waals surface area contributed by atoms with Gasteiger partial charge in [0.2, 0.25) is 0 Å². The van der Waals surface area contributed by atoms with Crippen LogP contribution in [0.25, 0.3) is 0 Å². The predicted molar refractivity (Wildman–Crippen MR) is 58.2 cm³/mol. The summed E-state index contributed by atoms with van der Waals surface area (Å²) in [5.41, 5.74) is 0.575. The van der Waals surface area contributed by atoms with Crippen molar-refractivity contribution in [3.63, 3.8) is 0 Å².